The Morgan fingerprint density at radius 3 is 2.88 bits per heavy atom. The molecule has 2 N–H and O–H groups in total. The molecule has 6 heteroatoms. The van der Waals surface area contributed by atoms with Crippen LogP contribution in [0.25, 0.3) is 0 Å². The lowest BCUT2D eigenvalue weighted by Crippen LogP contribution is -2.51. The second-order valence-electron chi connectivity index (χ2n) is 3.78. The number of nitrogens with zero attached hydrogens (tertiary/aromatic N) is 4. The van der Waals surface area contributed by atoms with Crippen LogP contribution in [0.5, 0.6) is 0 Å². The Morgan fingerprint density at radius 2 is 2.29 bits per heavy atom. The summed E-state index contributed by atoms with van der Waals surface area (Å²) in [5.41, 5.74) is 5.90. The molecule has 0 unspecified atom stereocenters. The molecule has 1 aromatic rings. The third kappa shape index (κ3) is 2.97. The summed E-state index contributed by atoms with van der Waals surface area (Å²) < 4.78 is 0. The number of piperazine rings is 1. The van der Waals surface area contributed by atoms with E-state index in [1.165, 1.54) is 0 Å². The Hall–Kier alpha value is -1.56. The summed E-state index contributed by atoms with van der Waals surface area (Å²) in [7, 11) is 0. The maximum atomic E-state index is 5.90. The fourth-order valence-electron chi connectivity index (χ4n) is 1.76. The molecule has 0 spiro atoms. The fourth-order valence-corrected chi connectivity index (χ4v) is 2.45. The van der Waals surface area contributed by atoms with Gasteiger partial charge in [-0.25, -0.2) is 9.98 Å². The number of rotatable bonds is 3. The summed E-state index contributed by atoms with van der Waals surface area (Å²) in [6, 6.07) is 0. The number of hydrogen-bond acceptors (Lipinski definition) is 4. The number of hydrogen-bond donors (Lipinski definition) is 1. The molecule has 2 rings (SSSR count). The number of nitrogens with two attached hydrogens (primary N) is 1. The molecule has 0 saturated carbocycles. The lowest BCUT2D eigenvalue weighted by molar-refractivity contribution is 0.381. The van der Waals surface area contributed by atoms with Crippen LogP contribution in [0.3, 0.4) is 0 Å². The van der Waals surface area contributed by atoms with Crippen LogP contribution in [0.4, 0.5) is 5.13 Å². The minimum Gasteiger partial charge on any atom is -0.370 e. The second-order valence-corrected chi connectivity index (χ2v) is 4.65. The van der Waals surface area contributed by atoms with Crippen molar-refractivity contribution in [2.75, 3.05) is 37.6 Å². The normalized spacial score (nSPS) is 17.3. The molecule has 2 heterocycles. The predicted octanol–water partition coefficient (Wildman–Crippen LogP) is 0.766. The molecule has 92 valence electrons. The van der Waals surface area contributed by atoms with Gasteiger partial charge in [-0.05, 0) is 0 Å². The van der Waals surface area contributed by atoms with E-state index in [1.54, 1.807) is 17.4 Å². The molecule has 0 aromatic carbocycles. The first kappa shape index (κ1) is 11.9. The average Bonchev–Trinajstić information content (AvgIpc) is 2.90. The van der Waals surface area contributed by atoms with Crippen molar-refractivity contribution in [1.29, 1.82) is 0 Å². The highest BCUT2D eigenvalue weighted by molar-refractivity contribution is 7.13. The van der Waals surface area contributed by atoms with Crippen LogP contribution in [0.1, 0.15) is 0 Å². The molecular formula is C11H17N5S. The van der Waals surface area contributed by atoms with E-state index in [1.807, 2.05) is 11.6 Å². The molecule has 17 heavy (non-hydrogen) atoms. The molecule has 0 radical (unpaired) electrons. The lowest BCUT2D eigenvalue weighted by Gasteiger charge is -2.35. The van der Waals surface area contributed by atoms with Crippen LogP contribution in [0.15, 0.2) is 29.2 Å². The van der Waals surface area contributed by atoms with Crippen molar-refractivity contribution in [3.63, 3.8) is 0 Å². The van der Waals surface area contributed by atoms with Crippen molar-refractivity contribution >= 4 is 22.4 Å². The van der Waals surface area contributed by atoms with Crippen molar-refractivity contribution in [2.45, 2.75) is 0 Å². The molecule has 0 atom stereocenters. The van der Waals surface area contributed by atoms with E-state index in [0.717, 1.165) is 31.3 Å². The summed E-state index contributed by atoms with van der Waals surface area (Å²) in [6.45, 7) is 7.88. The third-order valence-corrected chi connectivity index (χ3v) is 3.51. The van der Waals surface area contributed by atoms with Gasteiger partial charge in [0.1, 0.15) is 0 Å². The summed E-state index contributed by atoms with van der Waals surface area (Å²) in [5.74, 6) is 0.615. The maximum absolute atomic E-state index is 5.90. The fraction of sp³-hybridized carbons (Fsp3) is 0.455. The quantitative estimate of drug-likeness (QED) is 0.490. The van der Waals surface area contributed by atoms with Gasteiger partial charge in [0.25, 0.3) is 0 Å². The van der Waals surface area contributed by atoms with Crippen molar-refractivity contribution in [3.05, 3.63) is 24.2 Å². The summed E-state index contributed by atoms with van der Waals surface area (Å²) in [5, 5.41) is 3.09. The Bertz CT molecular complexity index is 379. The first-order chi connectivity index (χ1) is 8.31. The van der Waals surface area contributed by atoms with Crippen molar-refractivity contribution in [2.24, 2.45) is 10.7 Å². The molecular weight excluding hydrogens is 234 g/mol. The lowest BCUT2D eigenvalue weighted by atomic mass is 10.3. The average molecular weight is 251 g/mol. The Kier molecular flexibility index (Phi) is 3.98. The van der Waals surface area contributed by atoms with Gasteiger partial charge in [0.05, 0.1) is 6.54 Å². The van der Waals surface area contributed by atoms with E-state index in [9.17, 15) is 0 Å². The highest BCUT2D eigenvalue weighted by Gasteiger charge is 2.19. The van der Waals surface area contributed by atoms with Gasteiger partial charge in [0.15, 0.2) is 11.1 Å². The summed E-state index contributed by atoms with van der Waals surface area (Å²) >= 11 is 1.67. The molecule has 1 fully saturated rings. The van der Waals surface area contributed by atoms with E-state index in [-0.39, 0.29) is 0 Å². The van der Waals surface area contributed by atoms with Gasteiger partial charge in [0, 0.05) is 37.8 Å². The molecule has 1 aliphatic rings. The zero-order valence-corrected chi connectivity index (χ0v) is 10.6. The molecule has 0 aliphatic carbocycles. The topological polar surface area (TPSA) is 57.8 Å². The van der Waals surface area contributed by atoms with Gasteiger partial charge in [-0.3, -0.25) is 0 Å². The van der Waals surface area contributed by atoms with Crippen LogP contribution < -0.4 is 10.6 Å². The van der Waals surface area contributed by atoms with Crippen LogP contribution >= 0.6 is 11.3 Å². The van der Waals surface area contributed by atoms with Gasteiger partial charge in [0.2, 0.25) is 0 Å². The molecule has 0 amide bonds. The molecule has 5 nitrogen and oxygen atoms in total. The number of aliphatic imine (C=N–C) groups is 1. The molecule has 1 saturated heterocycles. The molecule has 1 aromatic heterocycles. The zero-order chi connectivity index (χ0) is 12.1. The highest BCUT2D eigenvalue weighted by Crippen LogP contribution is 2.18. The summed E-state index contributed by atoms with van der Waals surface area (Å²) in [6.07, 6.45) is 3.59. The smallest absolute Gasteiger partial charge is 0.191 e. The third-order valence-electron chi connectivity index (χ3n) is 2.68. The minimum absolute atomic E-state index is 0.582. The molecule has 1 aliphatic heterocycles. The SMILES string of the molecule is C=CCN=C(N)N1CCN(c2nccs2)CC1. The Labute approximate surface area is 105 Å². The Balaban J connectivity index is 1.88. The van der Waals surface area contributed by atoms with Crippen molar-refractivity contribution < 1.29 is 0 Å². The minimum atomic E-state index is 0.582. The monoisotopic (exact) mass is 251 g/mol. The Morgan fingerprint density at radius 1 is 1.53 bits per heavy atom. The second kappa shape index (κ2) is 5.67. The predicted molar refractivity (Wildman–Crippen MR) is 72.6 cm³/mol. The number of guanidine groups is 1. The van der Waals surface area contributed by atoms with Crippen LogP contribution in [-0.2, 0) is 0 Å². The van der Waals surface area contributed by atoms with E-state index in [0.29, 0.717) is 12.5 Å². The van der Waals surface area contributed by atoms with Crippen molar-refractivity contribution in [3.8, 4) is 0 Å². The standard InChI is InChI=1S/C11H17N5S/c1-2-3-13-10(12)15-5-7-16(8-6-15)11-14-4-9-17-11/h2,4,9H,1,3,5-8H2,(H2,12,13). The van der Waals surface area contributed by atoms with Crippen molar-refractivity contribution in [1.82, 2.24) is 9.88 Å². The zero-order valence-electron chi connectivity index (χ0n) is 9.75. The van der Waals surface area contributed by atoms with Gasteiger partial charge in [-0.2, -0.15) is 0 Å². The molecule has 0 bridgehead atoms. The number of aromatic nitrogens is 1. The highest BCUT2D eigenvalue weighted by atomic mass is 32.1. The van der Waals surface area contributed by atoms with Gasteiger partial charge >= 0.3 is 0 Å². The number of anilines is 1. The van der Waals surface area contributed by atoms with Crippen LogP contribution in [-0.4, -0.2) is 48.6 Å². The van der Waals surface area contributed by atoms with Gasteiger partial charge in [-0.15, -0.1) is 17.9 Å². The van der Waals surface area contributed by atoms with E-state index < -0.39 is 0 Å². The maximum Gasteiger partial charge on any atom is 0.191 e. The van der Waals surface area contributed by atoms with E-state index in [2.05, 4.69) is 26.4 Å². The first-order valence-electron chi connectivity index (χ1n) is 5.61. The summed E-state index contributed by atoms with van der Waals surface area (Å²) in [4.78, 5) is 12.9. The van der Waals surface area contributed by atoms with Gasteiger partial charge in [-0.1, -0.05) is 6.08 Å². The van der Waals surface area contributed by atoms with Gasteiger partial charge < -0.3 is 15.5 Å². The first-order valence-corrected chi connectivity index (χ1v) is 6.49. The largest absolute Gasteiger partial charge is 0.370 e. The van der Waals surface area contributed by atoms with E-state index in [4.69, 9.17) is 5.73 Å². The number of thiazole rings is 1. The van der Waals surface area contributed by atoms with Crippen LogP contribution in [0, 0.1) is 0 Å². The van der Waals surface area contributed by atoms with E-state index >= 15 is 0 Å². The van der Waals surface area contributed by atoms with Crippen LogP contribution in [0.2, 0.25) is 0 Å².